The fourth-order valence-corrected chi connectivity index (χ4v) is 1.71. The van der Waals surface area contributed by atoms with E-state index in [-0.39, 0.29) is 0 Å². The summed E-state index contributed by atoms with van der Waals surface area (Å²) in [5.41, 5.74) is 1.52. The van der Waals surface area contributed by atoms with Gasteiger partial charge in [-0.3, -0.25) is 9.59 Å². The molecule has 6 nitrogen and oxygen atoms in total. The molecule has 1 atom stereocenters. The van der Waals surface area contributed by atoms with Gasteiger partial charge in [-0.2, -0.15) is 0 Å². The Kier molecular flexibility index (Phi) is 6.39. The highest BCUT2D eigenvalue weighted by Gasteiger charge is 2.23. The smallest absolute Gasteiger partial charge is 0.326 e. The second kappa shape index (κ2) is 8.04. The van der Waals surface area contributed by atoms with Crippen LogP contribution in [-0.2, 0) is 14.4 Å². The molecule has 114 valence electrons. The summed E-state index contributed by atoms with van der Waals surface area (Å²) < 4.78 is 0. The van der Waals surface area contributed by atoms with Gasteiger partial charge in [-0.25, -0.2) is 4.79 Å². The third-order valence-corrected chi connectivity index (χ3v) is 2.97. The third-order valence-electron chi connectivity index (χ3n) is 2.97. The Morgan fingerprint density at radius 3 is 2.29 bits per heavy atom. The summed E-state index contributed by atoms with van der Waals surface area (Å²) in [5.74, 6) is -2.96. The first-order chi connectivity index (χ1) is 9.93. The molecule has 6 heteroatoms. The Labute approximate surface area is 123 Å². The van der Waals surface area contributed by atoms with Gasteiger partial charge in [-0.05, 0) is 25.5 Å². The van der Waals surface area contributed by atoms with Crippen LogP contribution in [0.25, 0.3) is 0 Å². The lowest BCUT2D eigenvalue weighted by Gasteiger charge is -2.13. The zero-order valence-corrected chi connectivity index (χ0v) is 12.2. The van der Waals surface area contributed by atoms with Crippen LogP contribution in [-0.4, -0.2) is 28.9 Å². The van der Waals surface area contributed by atoms with Crippen molar-refractivity contribution in [3.8, 4) is 0 Å². The number of hydrogen-bond donors (Lipinski definition) is 3. The molecule has 0 aliphatic heterocycles. The van der Waals surface area contributed by atoms with Crippen molar-refractivity contribution in [1.82, 2.24) is 5.32 Å². The van der Waals surface area contributed by atoms with Crippen molar-refractivity contribution in [1.29, 1.82) is 0 Å². The van der Waals surface area contributed by atoms with Crippen molar-refractivity contribution in [2.75, 3.05) is 5.32 Å². The van der Waals surface area contributed by atoms with Crippen LogP contribution in [0, 0.1) is 6.92 Å². The Morgan fingerprint density at radius 1 is 1.14 bits per heavy atom. The molecule has 1 aromatic rings. The molecule has 0 heterocycles. The Balaban J connectivity index is 2.58. The molecule has 2 amide bonds. The number of carboxylic acids is 1. The molecule has 0 aliphatic rings. The van der Waals surface area contributed by atoms with E-state index in [9.17, 15) is 14.4 Å². The van der Waals surface area contributed by atoms with Gasteiger partial charge in [-0.15, -0.1) is 0 Å². The van der Waals surface area contributed by atoms with Crippen LogP contribution in [0.2, 0.25) is 0 Å². The molecular weight excluding hydrogens is 272 g/mol. The zero-order chi connectivity index (χ0) is 15.8. The normalized spacial score (nSPS) is 11.5. The molecular formula is C15H20N2O4. The van der Waals surface area contributed by atoms with Gasteiger partial charge in [0.1, 0.15) is 6.04 Å². The van der Waals surface area contributed by atoms with Crippen LogP contribution in [0.3, 0.4) is 0 Å². The molecule has 21 heavy (non-hydrogen) atoms. The van der Waals surface area contributed by atoms with E-state index < -0.39 is 23.8 Å². The molecule has 0 saturated heterocycles. The van der Waals surface area contributed by atoms with Gasteiger partial charge >= 0.3 is 17.8 Å². The van der Waals surface area contributed by atoms with Crippen molar-refractivity contribution < 1.29 is 19.5 Å². The molecule has 3 N–H and O–H groups in total. The molecule has 1 rings (SSSR count). The molecule has 1 unspecified atom stereocenters. The minimum atomic E-state index is -1.14. The monoisotopic (exact) mass is 292 g/mol. The van der Waals surface area contributed by atoms with Gasteiger partial charge < -0.3 is 15.7 Å². The fourth-order valence-electron chi connectivity index (χ4n) is 1.71. The maximum atomic E-state index is 11.7. The van der Waals surface area contributed by atoms with E-state index in [1.54, 1.807) is 24.3 Å². The van der Waals surface area contributed by atoms with Crippen LogP contribution in [0.4, 0.5) is 5.69 Å². The summed E-state index contributed by atoms with van der Waals surface area (Å²) in [4.78, 5) is 34.4. The Morgan fingerprint density at radius 2 is 1.76 bits per heavy atom. The number of carbonyl (C=O) groups is 3. The summed E-state index contributed by atoms with van der Waals surface area (Å²) >= 11 is 0. The number of rotatable bonds is 6. The second-order valence-electron chi connectivity index (χ2n) is 4.83. The number of aryl methyl sites for hydroxylation is 1. The number of nitrogens with one attached hydrogen (secondary N) is 2. The SMILES string of the molecule is CCCCC(NC(=O)C(=O)Nc1ccc(C)cc1)C(=O)O. The van der Waals surface area contributed by atoms with Crippen molar-refractivity contribution in [3.05, 3.63) is 29.8 Å². The summed E-state index contributed by atoms with van der Waals surface area (Å²) in [7, 11) is 0. The number of hydrogen-bond acceptors (Lipinski definition) is 3. The van der Waals surface area contributed by atoms with Gasteiger partial charge in [0.2, 0.25) is 0 Å². The standard InChI is InChI=1S/C15H20N2O4/c1-3-4-5-12(15(20)21)17-14(19)13(18)16-11-8-6-10(2)7-9-11/h6-9,12H,3-5H2,1-2H3,(H,16,18)(H,17,19)(H,20,21). The highest BCUT2D eigenvalue weighted by atomic mass is 16.4. The summed E-state index contributed by atoms with van der Waals surface area (Å²) in [5, 5.41) is 13.7. The van der Waals surface area contributed by atoms with E-state index >= 15 is 0 Å². The van der Waals surface area contributed by atoms with Crippen molar-refractivity contribution >= 4 is 23.5 Å². The van der Waals surface area contributed by atoms with Crippen molar-refractivity contribution in [2.45, 2.75) is 39.2 Å². The van der Waals surface area contributed by atoms with Gasteiger partial charge in [0.25, 0.3) is 0 Å². The molecule has 1 aromatic carbocycles. The van der Waals surface area contributed by atoms with E-state index in [1.807, 2.05) is 13.8 Å². The number of carboxylic acid groups (broad SMARTS) is 1. The average molecular weight is 292 g/mol. The Bertz CT molecular complexity index is 511. The molecule has 0 aliphatic carbocycles. The first kappa shape index (κ1) is 16.7. The number of anilines is 1. The predicted octanol–water partition coefficient (Wildman–Crippen LogP) is 1.69. The van der Waals surface area contributed by atoms with E-state index in [0.717, 1.165) is 12.0 Å². The van der Waals surface area contributed by atoms with Crippen LogP contribution >= 0.6 is 0 Å². The van der Waals surface area contributed by atoms with Crippen LogP contribution in [0.5, 0.6) is 0 Å². The molecule has 0 fully saturated rings. The second-order valence-corrected chi connectivity index (χ2v) is 4.83. The van der Waals surface area contributed by atoms with E-state index in [2.05, 4.69) is 10.6 Å². The van der Waals surface area contributed by atoms with E-state index in [1.165, 1.54) is 0 Å². The third kappa shape index (κ3) is 5.64. The van der Waals surface area contributed by atoms with Crippen LogP contribution in [0.1, 0.15) is 31.7 Å². The van der Waals surface area contributed by atoms with E-state index in [0.29, 0.717) is 18.5 Å². The number of aliphatic carboxylic acids is 1. The maximum absolute atomic E-state index is 11.7. The minimum Gasteiger partial charge on any atom is -0.480 e. The Hall–Kier alpha value is -2.37. The molecule has 0 aromatic heterocycles. The predicted molar refractivity (Wildman–Crippen MR) is 78.9 cm³/mol. The fraction of sp³-hybridized carbons (Fsp3) is 0.400. The lowest BCUT2D eigenvalue weighted by molar-refractivity contribution is -0.143. The highest BCUT2D eigenvalue weighted by Crippen LogP contribution is 2.08. The first-order valence-electron chi connectivity index (χ1n) is 6.85. The van der Waals surface area contributed by atoms with Gasteiger partial charge in [0.05, 0.1) is 0 Å². The number of carbonyl (C=O) groups excluding carboxylic acids is 2. The van der Waals surface area contributed by atoms with Gasteiger partial charge in [-0.1, -0.05) is 37.5 Å². The average Bonchev–Trinajstić information content (AvgIpc) is 2.45. The molecule has 0 saturated carbocycles. The summed E-state index contributed by atoms with van der Waals surface area (Å²) in [6, 6.07) is 5.91. The van der Waals surface area contributed by atoms with Gasteiger partial charge in [0.15, 0.2) is 0 Å². The number of unbranched alkanes of at least 4 members (excludes halogenated alkanes) is 1. The summed E-state index contributed by atoms with van der Waals surface area (Å²) in [6.45, 7) is 3.83. The number of benzene rings is 1. The zero-order valence-electron chi connectivity index (χ0n) is 12.2. The van der Waals surface area contributed by atoms with Crippen LogP contribution in [0.15, 0.2) is 24.3 Å². The number of amides is 2. The first-order valence-corrected chi connectivity index (χ1v) is 6.85. The lowest BCUT2D eigenvalue weighted by Crippen LogP contribution is -2.45. The van der Waals surface area contributed by atoms with Gasteiger partial charge in [0, 0.05) is 5.69 Å². The topological polar surface area (TPSA) is 95.5 Å². The van der Waals surface area contributed by atoms with Crippen molar-refractivity contribution in [2.24, 2.45) is 0 Å². The molecule has 0 radical (unpaired) electrons. The highest BCUT2D eigenvalue weighted by molar-refractivity contribution is 6.40. The van der Waals surface area contributed by atoms with Crippen molar-refractivity contribution in [3.63, 3.8) is 0 Å². The quantitative estimate of drug-likeness (QED) is 0.695. The maximum Gasteiger partial charge on any atom is 0.326 e. The molecule has 0 spiro atoms. The van der Waals surface area contributed by atoms with E-state index in [4.69, 9.17) is 5.11 Å². The lowest BCUT2D eigenvalue weighted by atomic mass is 10.1. The largest absolute Gasteiger partial charge is 0.480 e. The summed E-state index contributed by atoms with van der Waals surface area (Å²) in [6.07, 6.45) is 1.78. The minimum absolute atomic E-state index is 0.301. The molecule has 0 bridgehead atoms. The van der Waals surface area contributed by atoms with Crippen LogP contribution < -0.4 is 10.6 Å².